The zero-order valence-electron chi connectivity index (χ0n) is 11.3. The van der Waals surface area contributed by atoms with Crippen molar-refractivity contribution in [1.29, 1.82) is 0 Å². The zero-order chi connectivity index (χ0) is 14.3. The summed E-state index contributed by atoms with van der Waals surface area (Å²) >= 11 is 0. The first-order valence-electron chi connectivity index (χ1n) is 5.98. The molecule has 0 radical (unpaired) electrons. The molecule has 0 aliphatic carbocycles. The first-order valence-corrected chi connectivity index (χ1v) is 5.98. The van der Waals surface area contributed by atoms with E-state index in [1.807, 2.05) is 0 Å². The summed E-state index contributed by atoms with van der Waals surface area (Å²) in [5.41, 5.74) is 0.626. The molecule has 0 saturated carbocycles. The number of amides is 2. The summed E-state index contributed by atoms with van der Waals surface area (Å²) in [7, 11) is 3.26. The molecule has 6 heteroatoms. The molecular weight excluding hydrogens is 246 g/mol. The van der Waals surface area contributed by atoms with Gasteiger partial charge in [0, 0.05) is 18.8 Å². The molecule has 0 aromatic heterocycles. The first kappa shape index (κ1) is 15.0. The van der Waals surface area contributed by atoms with Gasteiger partial charge in [-0.25, -0.2) is 0 Å². The van der Waals surface area contributed by atoms with Crippen LogP contribution in [0.4, 0.5) is 5.69 Å². The molecule has 104 valence electrons. The van der Waals surface area contributed by atoms with Crippen LogP contribution in [0.15, 0.2) is 24.3 Å². The smallest absolute Gasteiger partial charge is 0.257 e. The van der Waals surface area contributed by atoms with Crippen LogP contribution >= 0.6 is 0 Å². The molecule has 19 heavy (non-hydrogen) atoms. The number of benzene rings is 1. The molecule has 1 aromatic carbocycles. The molecule has 1 aromatic rings. The van der Waals surface area contributed by atoms with Crippen LogP contribution in [0.5, 0.6) is 5.75 Å². The second-order valence-electron chi connectivity index (χ2n) is 3.99. The van der Waals surface area contributed by atoms with E-state index >= 15 is 0 Å². The van der Waals surface area contributed by atoms with Crippen LogP contribution in [0, 0.1) is 0 Å². The molecule has 1 atom stereocenters. The predicted octanol–water partition coefficient (Wildman–Crippen LogP) is 0.358. The Kier molecular flexibility index (Phi) is 5.81. The number of ether oxygens (including phenoxy) is 1. The Morgan fingerprint density at radius 2 is 2.05 bits per heavy atom. The van der Waals surface area contributed by atoms with Gasteiger partial charge in [0.2, 0.25) is 5.91 Å². The Balaban J connectivity index is 2.61. The summed E-state index contributed by atoms with van der Waals surface area (Å²) in [6.45, 7) is 1.71. The zero-order valence-corrected chi connectivity index (χ0v) is 11.3. The molecule has 0 bridgehead atoms. The number of likely N-dealkylation sites (N-methyl/N-ethyl adjacent to an activating group) is 2. The van der Waals surface area contributed by atoms with Crippen molar-refractivity contribution in [2.45, 2.75) is 13.0 Å². The third-order valence-corrected chi connectivity index (χ3v) is 2.58. The molecule has 0 fully saturated rings. The van der Waals surface area contributed by atoms with Gasteiger partial charge in [-0.1, -0.05) is 6.07 Å². The lowest BCUT2D eigenvalue weighted by molar-refractivity contribution is -0.122. The Bertz CT molecular complexity index is 449. The van der Waals surface area contributed by atoms with Crippen LogP contribution in [0.3, 0.4) is 0 Å². The van der Waals surface area contributed by atoms with Crippen molar-refractivity contribution >= 4 is 17.5 Å². The van der Waals surface area contributed by atoms with E-state index in [9.17, 15) is 9.59 Å². The molecule has 0 saturated heterocycles. The Morgan fingerprint density at radius 3 is 2.68 bits per heavy atom. The van der Waals surface area contributed by atoms with Gasteiger partial charge in [0.25, 0.3) is 5.91 Å². The number of hydrogen-bond donors (Lipinski definition) is 3. The maximum Gasteiger partial charge on any atom is 0.257 e. The minimum Gasteiger partial charge on any atom is -0.484 e. The minimum absolute atomic E-state index is 0.0547. The lowest BCUT2D eigenvalue weighted by Crippen LogP contribution is -2.35. The lowest BCUT2D eigenvalue weighted by atomic mass is 10.2. The number of rotatable bonds is 6. The van der Waals surface area contributed by atoms with E-state index in [-0.39, 0.29) is 24.5 Å². The van der Waals surface area contributed by atoms with E-state index in [0.29, 0.717) is 11.4 Å². The number of carbonyl (C=O) groups excluding carboxylic acids is 2. The molecule has 0 spiro atoms. The van der Waals surface area contributed by atoms with Crippen molar-refractivity contribution in [3.63, 3.8) is 0 Å². The van der Waals surface area contributed by atoms with Crippen LogP contribution in [-0.4, -0.2) is 38.6 Å². The van der Waals surface area contributed by atoms with Gasteiger partial charge < -0.3 is 20.7 Å². The summed E-state index contributed by atoms with van der Waals surface area (Å²) in [4.78, 5) is 22.8. The fraction of sp³-hybridized carbons (Fsp3) is 0.385. The topological polar surface area (TPSA) is 79.5 Å². The van der Waals surface area contributed by atoms with Gasteiger partial charge in [0.1, 0.15) is 5.75 Å². The largest absolute Gasteiger partial charge is 0.484 e. The van der Waals surface area contributed by atoms with E-state index in [1.165, 1.54) is 0 Å². The summed E-state index contributed by atoms with van der Waals surface area (Å²) in [6.07, 6.45) is 0. The molecule has 0 heterocycles. The number of carbonyl (C=O) groups is 2. The van der Waals surface area contributed by atoms with Crippen LogP contribution < -0.4 is 20.7 Å². The number of nitrogens with one attached hydrogen (secondary N) is 3. The summed E-state index contributed by atoms with van der Waals surface area (Å²) in [5.74, 6) is 0.183. The molecule has 6 nitrogen and oxygen atoms in total. The molecule has 1 rings (SSSR count). The first-order chi connectivity index (χ1) is 9.06. The average Bonchev–Trinajstić information content (AvgIpc) is 2.44. The molecule has 0 aliphatic rings. The monoisotopic (exact) mass is 265 g/mol. The van der Waals surface area contributed by atoms with Gasteiger partial charge >= 0.3 is 0 Å². The van der Waals surface area contributed by atoms with Crippen molar-refractivity contribution in [3.8, 4) is 5.75 Å². The number of anilines is 1. The van der Waals surface area contributed by atoms with E-state index in [4.69, 9.17) is 4.74 Å². The van der Waals surface area contributed by atoms with Crippen molar-refractivity contribution in [3.05, 3.63) is 24.3 Å². The van der Waals surface area contributed by atoms with Gasteiger partial charge in [0.05, 0.1) is 6.04 Å². The lowest BCUT2D eigenvalue weighted by Gasteiger charge is -2.12. The summed E-state index contributed by atoms with van der Waals surface area (Å²) in [5, 5.41) is 8.07. The van der Waals surface area contributed by atoms with E-state index in [1.54, 1.807) is 45.3 Å². The van der Waals surface area contributed by atoms with Gasteiger partial charge in [-0.2, -0.15) is 0 Å². The number of hydrogen-bond acceptors (Lipinski definition) is 4. The van der Waals surface area contributed by atoms with Crippen molar-refractivity contribution in [2.24, 2.45) is 0 Å². The normalized spacial score (nSPS) is 11.5. The highest BCUT2D eigenvalue weighted by molar-refractivity contribution is 5.94. The van der Waals surface area contributed by atoms with Crippen molar-refractivity contribution in [2.75, 3.05) is 26.0 Å². The average molecular weight is 265 g/mol. The highest BCUT2D eigenvalue weighted by atomic mass is 16.5. The van der Waals surface area contributed by atoms with Crippen molar-refractivity contribution < 1.29 is 14.3 Å². The van der Waals surface area contributed by atoms with Gasteiger partial charge in [-0.05, 0) is 26.1 Å². The highest BCUT2D eigenvalue weighted by Crippen LogP contribution is 2.17. The standard InChI is InChI=1S/C13H19N3O3/c1-9(14-2)13(18)16-10-5-4-6-11(7-10)19-8-12(17)15-3/h4-7,9,14H,8H2,1-3H3,(H,15,17)(H,16,18). The van der Waals surface area contributed by atoms with Gasteiger partial charge in [-0.3, -0.25) is 9.59 Å². The molecular formula is C13H19N3O3. The van der Waals surface area contributed by atoms with Crippen LogP contribution in [0.2, 0.25) is 0 Å². The van der Waals surface area contributed by atoms with E-state index < -0.39 is 0 Å². The Morgan fingerprint density at radius 1 is 1.32 bits per heavy atom. The SMILES string of the molecule is CNC(=O)COc1cccc(NC(=O)C(C)NC)c1. The highest BCUT2D eigenvalue weighted by Gasteiger charge is 2.10. The molecule has 2 amide bonds. The van der Waals surface area contributed by atoms with Crippen LogP contribution in [0.1, 0.15) is 6.92 Å². The Hall–Kier alpha value is -2.08. The van der Waals surface area contributed by atoms with Gasteiger partial charge in [-0.15, -0.1) is 0 Å². The van der Waals surface area contributed by atoms with Gasteiger partial charge in [0.15, 0.2) is 6.61 Å². The fourth-order valence-electron chi connectivity index (χ4n) is 1.27. The fourth-order valence-corrected chi connectivity index (χ4v) is 1.27. The third kappa shape index (κ3) is 4.97. The minimum atomic E-state index is -0.282. The van der Waals surface area contributed by atoms with E-state index in [0.717, 1.165) is 0 Å². The summed E-state index contributed by atoms with van der Waals surface area (Å²) in [6, 6.07) is 6.62. The van der Waals surface area contributed by atoms with Crippen LogP contribution in [0.25, 0.3) is 0 Å². The quantitative estimate of drug-likeness (QED) is 0.694. The molecule has 1 unspecified atom stereocenters. The Labute approximate surface area is 112 Å². The molecule has 0 aliphatic heterocycles. The molecule has 3 N–H and O–H groups in total. The second kappa shape index (κ2) is 7.38. The second-order valence-corrected chi connectivity index (χ2v) is 3.99. The third-order valence-electron chi connectivity index (χ3n) is 2.58. The summed E-state index contributed by atoms with van der Waals surface area (Å²) < 4.78 is 5.29. The predicted molar refractivity (Wildman–Crippen MR) is 73.2 cm³/mol. The van der Waals surface area contributed by atoms with E-state index in [2.05, 4.69) is 16.0 Å². The van der Waals surface area contributed by atoms with Crippen molar-refractivity contribution in [1.82, 2.24) is 10.6 Å². The van der Waals surface area contributed by atoms with Crippen LogP contribution in [-0.2, 0) is 9.59 Å². The maximum atomic E-state index is 11.7. The maximum absolute atomic E-state index is 11.7.